The lowest BCUT2D eigenvalue weighted by Crippen LogP contribution is -1.99. The first kappa shape index (κ1) is 17.3. The number of para-hydroxylation sites is 1. The Morgan fingerprint density at radius 3 is 2.56 bits per heavy atom. The van der Waals surface area contributed by atoms with E-state index in [-0.39, 0.29) is 0 Å². The van der Waals surface area contributed by atoms with Crippen LogP contribution in [0.25, 0.3) is 10.2 Å². The summed E-state index contributed by atoms with van der Waals surface area (Å²) >= 11 is 1.62. The number of hydrogen-bond acceptors (Lipinski definition) is 5. The minimum absolute atomic E-state index is 0.874. The molecule has 0 bridgehead atoms. The molecule has 1 saturated carbocycles. The van der Waals surface area contributed by atoms with E-state index in [0.29, 0.717) is 0 Å². The van der Waals surface area contributed by atoms with Gasteiger partial charge >= 0.3 is 0 Å². The fourth-order valence-corrected chi connectivity index (χ4v) is 3.23. The molecular weight excluding hydrogens is 330 g/mol. The number of ether oxygens (including phenoxy) is 1. The van der Waals surface area contributed by atoms with E-state index in [2.05, 4.69) is 34.0 Å². The van der Waals surface area contributed by atoms with Crippen molar-refractivity contribution < 1.29 is 4.74 Å². The summed E-state index contributed by atoms with van der Waals surface area (Å²) in [4.78, 5) is 4.36. The van der Waals surface area contributed by atoms with Crippen LogP contribution in [-0.2, 0) is 0 Å². The summed E-state index contributed by atoms with van der Waals surface area (Å²) in [6.07, 6.45) is 6.06. The Hall–Kier alpha value is -2.53. The summed E-state index contributed by atoms with van der Waals surface area (Å²) in [6.45, 7) is 0. The van der Waals surface area contributed by atoms with Gasteiger partial charge in [-0.25, -0.2) is 4.98 Å². The van der Waals surface area contributed by atoms with Crippen molar-refractivity contribution in [3.8, 4) is 5.75 Å². The van der Waals surface area contributed by atoms with Crippen LogP contribution in [0.4, 0.5) is 10.8 Å². The number of methoxy groups -OCH3 is 1. The second-order valence-electron chi connectivity index (χ2n) is 5.77. The van der Waals surface area contributed by atoms with E-state index in [9.17, 15) is 0 Å². The Morgan fingerprint density at radius 2 is 1.92 bits per heavy atom. The topological polar surface area (TPSA) is 46.2 Å². The normalized spacial score (nSPS) is 12.6. The number of fused-ring (bicyclic) bond motifs is 1. The third-order valence-electron chi connectivity index (χ3n) is 4.02. The average molecular weight is 353 g/mol. The van der Waals surface area contributed by atoms with Gasteiger partial charge in [-0.15, -0.1) is 0 Å². The van der Waals surface area contributed by atoms with E-state index in [1.165, 1.54) is 24.9 Å². The molecule has 0 radical (unpaired) electrons. The van der Waals surface area contributed by atoms with Gasteiger partial charge in [-0.05, 0) is 49.6 Å². The highest BCUT2D eigenvalue weighted by Crippen LogP contribution is 2.28. The van der Waals surface area contributed by atoms with E-state index in [1.807, 2.05) is 43.4 Å². The van der Waals surface area contributed by atoms with Gasteiger partial charge in [0.15, 0.2) is 5.13 Å². The molecule has 130 valence electrons. The van der Waals surface area contributed by atoms with Crippen LogP contribution in [0.15, 0.2) is 60.3 Å². The van der Waals surface area contributed by atoms with Gasteiger partial charge in [-0.1, -0.05) is 35.1 Å². The van der Waals surface area contributed by atoms with Crippen LogP contribution in [-0.4, -0.2) is 19.1 Å². The van der Waals surface area contributed by atoms with Gasteiger partial charge in [0.1, 0.15) is 5.75 Å². The summed E-state index contributed by atoms with van der Waals surface area (Å²) in [5.41, 5.74) is 3.73. The van der Waals surface area contributed by atoms with Crippen LogP contribution in [0.5, 0.6) is 5.75 Å². The zero-order valence-corrected chi connectivity index (χ0v) is 15.4. The van der Waals surface area contributed by atoms with Crippen LogP contribution in [0.2, 0.25) is 0 Å². The molecule has 0 unspecified atom stereocenters. The molecule has 0 saturated heterocycles. The number of aromatic nitrogens is 1. The second kappa shape index (κ2) is 8.53. The summed E-state index contributed by atoms with van der Waals surface area (Å²) in [5.74, 6) is 0.874. The van der Waals surface area contributed by atoms with Crippen molar-refractivity contribution in [1.29, 1.82) is 0 Å². The van der Waals surface area contributed by atoms with Gasteiger partial charge in [0.05, 0.1) is 17.3 Å². The molecule has 1 aromatic heterocycles. The quantitative estimate of drug-likeness (QED) is 0.649. The van der Waals surface area contributed by atoms with E-state index >= 15 is 0 Å². The maximum Gasteiger partial charge on any atom is 0.183 e. The molecular formula is C20H23N3OS. The summed E-state index contributed by atoms with van der Waals surface area (Å²) < 4.78 is 6.27. The van der Waals surface area contributed by atoms with Gasteiger partial charge in [-0.2, -0.15) is 0 Å². The molecule has 1 aliphatic carbocycles. The van der Waals surface area contributed by atoms with Crippen molar-refractivity contribution in [3.05, 3.63) is 60.3 Å². The lowest BCUT2D eigenvalue weighted by molar-refractivity contribution is 0.415. The second-order valence-corrected chi connectivity index (χ2v) is 6.80. The summed E-state index contributed by atoms with van der Waals surface area (Å²) in [5, 5.41) is 7.24. The highest BCUT2D eigenvalue weighted by atomic mass is 32.1. The number of nitrogens with one attached hydrogen (secondary N) is 2. The highest BCUT2D eigenvalue weighted by Gasteiger charge is 2.06. The fourth-order valence-electron chi connectivity index (χ4n) is 2.38. The Bertz CT molecular complexity index is 835. The Labute approximate surface area is 152 Å². The molecule has 1 heterocycles. The lowest BCUT2D eigenvalue weighted by atomic mass is 9.94. The summed E-state index contributed by atoms with van der Waals surface area (Å²) in [7, 11) is 3.54. The maximum atomic E-state index is 5.12. The Morgan fingerprint density at radius 1 is 1.12 bits per heavy atom. The molecule has 5 heteroatoms. The number of benzene rings is 2. The van der Waals surface area contributed by atoms with Crippen molar-refractivity contribution in [2.75, 3.05) is 24.8 Å². The number of rotatable bonds is 4. The van der Waals surface area contributed by atoms with Crippen LogP contribution in [0, 0.1) is 0 Å². The molecule has 2 aromatic carbocycles. The third kappa shape index (κ3) is 4.73. The zero-order valence-electron chi connectivity index (χ0n) is 14.6. The predicted molar refractivity (Wildman–Crippen MR) is 108 cm³/mol. The molecule has 25 heavy (non-hydrogen) atoms. The molecule has 1 fully saturated rings. The van der Waals surface area contributed by atoms with E-state index < -0.39 is 0 Å². The van der Waals surface area contributed by atoms with Crippen LogP contribution < -0.4 is 15.4 Å². The monoisotopic (exact) mass is 353 g/mol. The number of allylic oxidation sites excluding steroid dienone is 1. The Balaban J connectivity index is 0.000000146. The molecule has 0 amide bonds. The van der Waals surface area contributed by atoms with E-state index in [1.54, 1.807) is 24.0 Å². The molecule has 1 aliphatic rings. The zero-order chi connectivity index (χ0) is 17.5. The number of thiazole rings is 1. The van der Waals surface area contributed by atoms with E-state index in [4.69, 9.17) is 4.74 Å². The minimum Gasteiger partial charge on any atom is -0.497 e. The van der Waals surface area contributed by atoms with Crippen LogP contribution in [0.1, 0.15) is 19.3 Å². The van der Waals surface area contributed by atoms with Crippen molar-refractivity contribution in [2.24, 2.45) is 0 Å². The molecule has 0 spiro atoms. The molecule has 0 aliphatic heterocycles. The molecule has 0 atom stereocenters. The smallest absolute Gasteiger partial charge is 0.183 e. The van der Waals surface area contributed by atoms with Gasteiger partial charge in [-0.3, -0.25) is 0 Å². The minimum atomic E-state index is 0.874. The molecule has 2 N–H and O–H groups in total. The highest BCUT2D eigenvalue weighted by molar-refractivity contribution is 7.22. The SMILES string of the molecule is C(Nc1ccccc1)=C1CCC1.CNc1nc2ccc(OC)cc2s1. The van der Waals surface area contributed by atoms with E-state index in [0.717, 1.165) is 21.1 Å². The third-order valence-corrected chi connectivity index (χ3v) is 5.06. The van der Waals surface area contributed by atoms with Crippen molar-refractivity contribution in [3.63, 3.8) is 0 Å². The predicted octanol–water partition coefficient (Wildman–Crippen LogP) is 5.51. The Kier molecular flexibility index (Phi) is 5.90. The average Bonchev–Trinajstić information content (AvgIpc) is 3.04. The van der Waals surface area contributed by atoms with Gasteiger partial charge < -0.3 is 15.4 Å². The molecule has 4 nitrogen and oxygen atoms in total. The van der Waals surface area contributed by atoms with Gasteiger partial charge in [0.2, 0.25) is 0 Å². The van der Waals surface area contributed by atoms with Crippen molar-refractivity contribution >= 4 is 32.4 Å². The molecule has 4 rings (SSSR count). The maximum absolute atomic E-state index is 5.12. The first-order valence-electron chi connectivity index (χ1n) is 8.40. The van der Waals surface area contributed by atoms with Crippen LogP contribution in [0.3, 0.4) is 0 Å². The molecule has 3 aromatic rings. The first-order valence-corrected chi connectivity index (χ1v) is 9.22. The standard InChI is InChI=1S/C11H13N.C9H10N2OS/c1-2-7-11(8-3-1)12-9-10-5-4-6-10;1-10-9-11-7-4-3-6(12-2)5-8(7)13-9/h1-3,7-9,12H,4-6H2;3-5H,1-2H3,(H,10,11). The van der Waals surface area contributed by atoms with Gasteiger partial charge in [0, 0.05) is 18.9 Å². The largest absolute Gasteiger partial charge is 0.497 e. The summed E-state index contributed by atoms with van der Waals surface area (Å²) in [6, 6.07) is 16.1. The first-order chi connectivity index (χ1) is 12.3. The number of anilines is 2. The number of hydrogen-bond donors (Lipinski definition) is 2. The fraction of sp³-hybridized carbons (Fsp3) is 0.250. The van der Waals surface area contributed by atoms with Crippen molar-refractivity contribution in [2.45, 2.75) is 19.3 Å². The van der Waals surface area contributed by atoms with Crippen LogP contribution >= 0.6 is 11.3 Å². The number of nitrogens with zero attached hydrogens (tertiary/aromatic N) is 1. The van der Waals surface area contributed by atoms with Gasteiger partial charge in [0.25, 0.3) is 0 Å². The lowest BCUT2D eigenvalue weighted by Gasteiger charge is -2.16. The van der Waals surface area contributed by atoms with Crippen molar-refractivity contribution in [1.82, 2.24) is 4.98 Å².